The molecule has 27 heavy (non-hydrogen) atoms. The third-order valence-corrected chi connectivity index (χ3v) is 5.26. The zero-order chi connectivity index (χ0) is 19.1. The Labute approximate surface area is 163 Å². The van der Waals surface area contributed by atoms with Crippen molar-refractivity contribution < 1.29 is 9.47 Å². The average Bonchev–Trinajstić information content (AvgIpc) is 2.71. The van der Waals surface area contributed by atoms with Crippen LogP contribution in [0, 0.1) is 0 Å². The monoisotopic (exact) mass is 368 g/mol. The van der Waals surface area contributed by atoms with Crippen LogP contribution in [0.4, 0.5) is 0 Å². The number of rotatable bonds is 9. The van der Waals surface area contributed by atoms with E-state index in [0.29, 0.717) is 6.61 Å². The van der Waals surface area contributed by atoms with Crippen LogP contribution in [0.15, 0.2) is 42.5 Å². The fourth-order valence-corrected chi connectivity index (χ4v) is 3.68. The maximum Gasteiger partial charge on any atom is 0.119 e. The van der Waals surface area contributed by atoms with E-state index in [4.69, 9.17) is 9.47 Å². The smallest absolute Gasteiger partial charge is 0.119 e. The summed E-state index contributed by atoms with van der Waals surface area (Å²) in [5.74, 6) is 1.91. The van der Waals surface area contributed by atoms with Gasteiger partial charge in [-0.1, -0.05) is 32.0 Å². The van der Waals surface area contributed by atoms with Crippen LogP contribution in [0.25, 0.3) is 0 Å². The number of hydrogen-bond acceptors (Lipinski definition) is 4. The minimum Gasteiger partial charge on any atom is -0.494 e. The van der Waals surface area contributed by atoms with E-state index < -0.39 is 0 Å². The minimum atomic E-state index is 0.231. The summed E-state index contributed by atoms with van der Waals surface area (Å²) < 4.78 is 11.6. The highest BCUT2D eigenvalue weighted by Crippen LogP contribution is 2.32. The molecular weight excluding hydrogens is 336 g/mol. The molecule has 0 bridgehead atoms. The van der Waals surface area contributed by atoms with Crippen LogP contribution in [-0.2, 0) is 6.42 Å². The second kappa shape index (κ2) is 9.77. The molecule has 0 aliphatic carbocycles. The molecule has 4 nitrogen and oxygen atoms in total. The van der Waals surface area contributed by atoms with E-state index in [-0.39, 0.29) is 6.04 Å². The van der Waals surface area contributed by atoms with Crippen molar-refractivity contribution in [3.63, 3.8) is 0 Å². The average molecular weight is 369 g/mol. The molecule has 0 saturated heterocycles. The third kappa shape index (κ3) is 5.02. The Kier molecular flexibility index (Phi) is 7.13. The van der Waals surface area contributed by atoms with E-state index in [0.717, 1.165) is 50.7 Å². The van der Waals surface area contributed by atoms with Gasteiger partial charge >= 0.3 is 0 Å². The lowest BCUT2D eigenvalue weighted by Gasteiger charge is -2.28. The molecule has 0 spiro atoms. The Hall–Kier alpha value is -2.04. The van der Waals surface area contributed by atoms with Crippen LogP contribution >= 0.6 is 0 Å². The number of ether oxygens (including phenoxy) is 2. The SMILES string of the molecule is CCOc1ccc(C2NCCc3cc(OCCN(CC)CC)ccc32)cc1. The topological polar surface area (TPSA) is 33.7 Å². The zero-order valence-electron chi connectivity index (χ0n) is 16.8. The zero-order valence-corrected chi connectivity index (χ0v) is 16.8. The maximum atomic E-state index is 6.01. The van der Waals surface area contributed by atoms with Crippen molar-refractivity contribution in [2.45, 2.75) is 33.2 Å². The molecule has 3 rings (SSSR count). The molecule has 0 fully saturated rings. The number of nitrogens with zero attached hydrogens (tertiary/aromatic N) is 1. The lowest BCUT2D eigenvalue weighted by Crippen LogP contribution is -2.30. The van der Waals surface area contributed by atoms with Gasteiger partial charge < -0.3 is 19.7 Å². The summed E-state index contributed by atoms with van der Waals surface area (Å²) in [6, 6.07) is 15.2. The quantitative estimate of drug-likeness (QED) is 0.724. The van der Waals surface area contributed by atoms with Gasteiger partial charge in [-0.15, -0.1) is 0 Å². The predicted molar refractivity (Wildman–Crippen MR) is 111 cm³/mol. The summed E-state index contributed by atoms with van der Waals surface area (Å²) in [6.45, 7) is 11.9. The first-order chi connectivity index (χ1) is 13.2. The van der Waals surface area contributed by atoms with Gasteiger partial charge in [0.25, 0.3) is 0 Å². The number of benzene rings is 2. The highest BCUT2D eigenvalue weighted by Gasteiger charge is 2.21. The molecule has 1 aliphatic heterocycles. The number of likely N-dealkylation sites (N-methyl/N-ethyl adjacent to an activating group) is 1. The van der Waals surface area contributed by atoms with Gasteiger partial charge in [0.05, 0.1) is 12.6 Å². The van der Waals surface area contributed by atoms with E-state index in [1.807, 2.05) is 6.92 Å². The Morgan fingerprint density at radius 1 is 0.963 bits per heavy atom. The highest BCUT2D eigenvalue weighted by atomic mass is 16.5. The molecule has 1 heterocycles. The number of nitrogens with one attached hydrogen (secondary N) is 1. The van der Waals surface area contributed by atoms with Crippen LogP contribution in [-0.4, -0.2) is 44.3 Å². The second-order valence-electron chi connectivity index (χ2n) is 6.88. The van der Waals surface area contributed by atoms with Crippen molar-refractivity contribution >= 4 is 0 Å². The van der Waals surface area contributed by atoms with Gasteiger partial charge in [-0.3, -0.25) is 0 Å². The van der Waals surface area contributed by atoms with E-state index in [1.165, 1.54) is 16.7 Å². The van der Waals surface area contributed by atoms with Crippen molar-refractivity contribution in [2.24, 2.45) is 0 Å². The first-order valence-electron chi connectivity index (χ1n) is 10.2. The minimum absolute atomic E-state index is 0.231. The van der Waals surface area contributed by atoms with Crippen LogP contribution in [0.2, 0.25) is 0 Å². The summed E-state index contributed by atoms with van der Waals surface area (Å²) in [6.07, 6.45) is 1.04. The Morgan fingerprint density at radius 2 is 1.70 bits per heavy atom. The molecule has 0 saturated carbocycles. The molecule has 146 valence electrons. The van der Waals surface area contributed by atoms with Crippen molar-refractivity contribution in [3.05, 3.63) is 59.2 Å². The van der Waals surface area contributed by atoms with Crippen LogP contribution in [0.1, 0.15) is 43.5 Å². The first-order valence-corrected chi connectivity index (χ1v) is 10.2. The van der Waals surface area contributed by atoms with Crippen molar-refractivity contribution in [1.82, 2.24) is 10.2 Å². The molecule has 1 N–H and O–H groups in total. The number of fused-ring (bicyclic) bond motifs is 1. The number of hydrogen-bond donors (Lipinski definition) is 1. The lowest BCUT2D eigenvalue weighted by molar-refractivity contribution is 0.222. The van der Waals surface area contributed by atoms with E-state index >= 15 is 0 Å². The van der Waals surface area contributed by atoms with Crippen molar-refractivity contribution in [3.8, 4) is 11.5 Å². The molecule has 1 aliphatic rings. The van der Waals surface area contributed by atoms with Crippen LogP contribution in [0.5, 0.6) is 11.5 Å². The first kappa shape index (κ1) is 19.7. The Morgan fingerprint density at radius 3 is 2.41 bits per heavy atom. The molecule has 4 heteroatoms. The van der Waals surface area contributed by atoms with Gasteiger partial charge in [0.2, 0.25) is 0 Å². The van der Waals surface area contributed by atoms with Gasteiger partial charge in [-0.05, 0) is 67.4 Å². The van der Waals surface area contributed by atoms with E-state index in [2.05, 4.69) is 66.5 Å². The van der Waals surface area contributed by atoms with Gasteiger partial charge in [0, 0.05) is 13.1 Å². The molecule has 0 amide bonds. The van der Waals surface area contributed by atoms with Crippen LogP contribution in [0.3, 0.4) is 0 Å². The molecule has 2 aromatic carbocycles. The summed E-state index contributed by atoms with van der Waals surface area (Å²) in [7, 11) is 0. The van der Waals surface area contributed by atoms with E-state index in [9.17, 15) is 0 Å². The maximum absolute atomic E-state index is 6.01. The van der Waals surface area contributed by atoms with Gasteiger partial charge in [0.15, 0.2) is 0 Å². The van der Waals surface area contributed by atoms with Gasteiger partial charge in [0.1, 0.15) is 18.1 Å². The van der Waals surface area contributed by atoms with Gasteiger partial charge in [-0.2, -0.15) is 0 Å². The second-order valence-corrected chi connectivity index (χ2v) is 6.88. The predicted octanol–water partition coefficient (Wildman–Crippen LogP) is 4.04. The van der Waals surface area contributed by atoms with Crippen molar-refractivity contribution in [2.75, 3.05) is 39.4 Å². The van der Waals surface area contributed by atoms with Crippen LogP contribution < -0.4 is 14.8 Å². The third-order valence-electron chi connectivity index (χ3n) is 5.26. The lowest BCUT2D eigenvalue weighted by atomic mass is 9.90. The Balaban J connectivity index is 1.69. The van der Waals surface area contributed by atoms with E-state index in [1.54, 1.807) is 0 Å². The highest BCUT2D eigenvalue weighted by molar-refractivity contribution is 5.44. The molecule has 0 aromatic heterocycles. The molecular formula is C23H32N2O2. The fourth-order valence-electron chi connectivity index (χ4n) is 3.68. The summed E-state index contributed by atoms with van der Waals surface area (Å²) >= 11 is 0. The molecule has 1 atom stereocenters. The largest absolute Gasteiger partial charge is 0.494 e. The Bertz CT molecular complexity index is 711. The summed E-state index contributed by atoms with van der Waals surface area (Å²) in [4.78, 5) is 2.38. The molecule has 1 unspecified atom stereocenters. The van der Waals surface area contributed by atoms with Gasteiger partial charge in [-0.25, -0.2) is 0 Å². The standard InChI is InChI=1S/C23H32N2O2/c1-4-25(5-2)15-16-27-21-11-12-22-19(17-21)13-14-24-23(22)18-7-9-20(10-8-18)26-6-3/h7-12,17,23-24H,4-6,13-16H2,1-3H3. The molecule has 2 aromatic rings. The fraction of sp³-hybridized carbons (Fsp3) is 0.478. The molecule has 0 radical (unpaired) electrons. The summed E-state index contributed by atoms with van der Waals surface area (Å²) in [5, 5.41) is 3.65. The summed E-state index contributed by atoms with van der Waals surface area (Å²) in [5.41, 5.74) is 4.00. The normalized spacial score (nSPS) is 16.2. The van der Waals surface area contributed by atoms with Crippen molar-refractivity contribution in [1.29, 1.82) is 0 Å².